The lowest BCUT2D eigenvalue weighted by atomic mass is 9.99. The predicted octanol–water partition coefficient (Wildman–Crippen LogP) is 7.19. The molecule has 1 aromatic heterocycles. The molecule has 6 nitrogen and oxygen atoms in total. The fourth-order valence-electron chi connectivity index (χ4n) is 3.76. The number of hydrogen-bond donors (Lipinski definition) is 2. The van der Waals surface area contributed by atoms with Gasteiger partial charge < -0.3 is 10.3 Å². The van der Waals surface area contributed by atoms with Crippen molar-refractivity contribution in [2.45, 2.75) is 64.5 Å². The highest BCUT2D eigenvalue weighted by Gasteiger charge is 2.32. The zero-order valence-electron chi connectivity index (χ0n) is 22.7. The first kappa shape index (κ1) is 32.0. The molecule has 0 fully saturated rings. The van der Waals surface area contributed by atoms with Gasteiger partial charge in [-0.15, -0.1) is 0 Å². The maximum absolute atomic E-state index is 14.2. The zero-order chi connectivity index (χ0) is 29.4. The Hall–Kier alpha value is -3.21. The highest BCUT2D eigenvalue weighted by atomic mass is 32.2. The lowest BCUT2D eigenvalue weighted by Gasteiger charge is -2.17. The van der Waals surface area contributed by atoms with Gasteiger partial charge in [0.1, 0.15) is 11.5 Å². The van der Waals surface area contributed by atoms with E-state index in [9.17, 15) is 30.8 Å². The van der Waals surface area contributed by atoms with Gasteiger partial charge in [0.2, 0.25) is 15.0 Å². The molecule has 0 aliphatic carbocycles. The molecule has 1 unspecified atom stereocenters. The van der Waals surface area contributed by atoms with Crippen LogP contribution in [0.25, 0.3) is 0 Å². The Labute approximate surface area is 227 Å². The van der Waals surface area contributed by atoms with Gasteiger partial charge in [-0.05, 0) is 48.6 Å². The molecule has 2 aromatic carbocycles. The van der Waals surface area contributed by atoms with Gasteiger partial charge in [-0.25, -0.2) is 22.2 Å². The number of H-pyrrole nitrogens is 1. The highest BCUT2D eigenvalue weighted by Crippen LogP contribution is 2.32. The number of halogens is 4. The third-order valence-electron chi connectivity index (χ3n) is 6.21. The molecule has 3 rings (SSSR count). The van der Waals surface area contributed by atoms with Crippen LogP contribution in [0, 0.1) is 11.7 Å². The number of ketones is 1. The molecule has 0 amide bonds. The maximum Gasteiger partial charge on any atom is 0.301 e. The average Bonchev–Trinajstić information content (AvgIpc) is 3.41. The Morgan fingerprint density at radius 1 is 1.13 bits per heavy atom. The van der Waals surface area contributed by atoms with Crippen LogP contribution < -0.4 is 5.32 Å². The highest BCUT2D eigenvalue weighted by molar-refractivity contribution is 7.90. The quantitative estimate of drug-likeness (QED) is 0.188. The molecular formula is C28H35F4N3O3S. The molecule has 3 aromatic rings. The van der Waals surface area contributed by atoms with E-state index in [-0.39, 0.29) is 28.2 Å². The third-order valence-corrected chi connectivity index (χ3v) is 7.12. The Morgan fingerprint density at radius 3 is 2.33 bits per heavy atom. The van der Waals surface area contributed by atoms with E-state index >= 15 is 0 Å². The average molecular weight is 570 g/mol. The molecule has 0 bridgehead atoms. The third kappa shape index (κ3) is 8.39. The van der Waals surface area contributed by atoms with Crippen molar-refractivity contribution in [3.8, 4) is 0 Å². The van der Waals surface area contributed by atoms with Gasteiger partial charge in [0.15, 0.2) is 12.5 Å². The van der Waals surface area contributed by atoms with Crippen LogP contribution in [0.1, 0.15) is 67.7 Å². The first-order valence-electron chi connectivity index (χ1n) is 12.7. The lowest BCUT2D eigenvalue weighted by molar-refractivity contribution is -0.0283. The Balaban J connectivity index is 0.000000306. The van der Waals surface area contributed by atoms with Crippen molar-refractivity contribution >= 4 is 27.0 Å². The molecule has 0 radical (unpaired) electrons. The van der Waals surface area contributed by atoms with Crippen LogP contribution in [0.5, 0.6) is 0 Å². The number of aromatic nitrogens is 2. The summed E-state index contributed by atoms with van der Waals surface area (Å²) in [4.78, 5) is 17.8. The van der Waals surface area contributed by atoms with Crippen LogP contribution in [0.15, 0.2) is 47.8 Å². The zero-order valence-corrected chi connectivity index (χ0v) is 23.6. The molecule has 1 heterocycles. The Morgan fingerprint density at radius 2 is 1.82 bits per heavy atom. The summed E-state index contributed by atoms with van der Waals surface area (Å²) in [6.45, 7) is 5.95. The second-order valence-corrected chi connectivity index (χ2v) is 11.2. The molecular weight excluding hydrogens is 534 g/mol. The minimum Gasteiger partial charge on any atom is -0.353 e. The molecule has 39 heavy (non-hydrogen) atoms. The van der Waals surface area contributed by atoms with E-state index in [1.165, 1.54) is 17.8 Å². The number of hydrogen-bond acceptors (Lipinski definition) is 5. The molecule has 0 spiro atoms. The van der Waals surface area contributed by atoms with Gasteiger partial charge in [0.25, 0.3) is 0 Å². The SMILES string of the molecule is CCC(C)C(=O)c1cnc(S(C)(=O)=O)[nH]1.CCCc1c(CC)cccc1Nc1ccc(C(F)(F)CF)cc1F. The maximum atomic E-state index is 14.2. The van der Waals surface area contributed by atoms with E-state index in [4.69, 9.17) is 0 Å². The van der Waals surface area contributed by atoms with Gasteiger partial charge in [-0.2, -0.15) is 8.78 Å². The molecule has 214 valence electrons. The monoisotopic (exact) mass is 569 g/mol. The summed E-state index contributed by atoms with van der Waals surface area (Å²) in [6, 6.07) is 8.71. The summed E-state index contributed by atoms with van der Waals surface area (Å²) in [5, 5.41) is 2.83. The standard InChI is InChI=1S/C19H21F4N.C9H14N2O3S/c1-3-6-15-13(4-2)7-5-8-17(15)24-18-10-9-14(11-16(18)21)19(22,23)12-20;1-4-6(2)8(12)7-5-10-9(11-7)15(3,13)14/h5,7-11,24H,3-4,6,12H2,1-2H3;5-6H,4H2,1-3H3,(H,10,11). The number of anilines is 2. The first-order valence-corrected chi connectivity index (χ1v) is 14.6. The predicted molar refractivity (Wildman–Crippen MR) is 145 cm³/mol. The Bertz CT molecular complexity index is 1370. The van der Waals surface area contributed by atoms with Crippen LogP contribution in [-0.4, -0.2) is 37.1 Å². The molecule has 1 atom stereocenters. The summed E-state index contributed by atoms with van der Waals surface area (Å²) in [6.07, 6.45) is 5.66. The largest absolute Gasteiger partial charge is 0.353 e. The number of nitrogens with zero attached hydrogens (tertiary/aromatic N) is 1. The van der Waals surface area contributed by atoms with E-state index < -0.39 is 33.8 Å². The number of benzene rings is 2. The number of sulfone groups is 1. The van der Waals surface area contributed by atoms with E-state index in [1.807, 2.05) is 32.0 Å². The minimum absolute atomic E-state index is 0.0963. The number of rotatable bonds is 11. The van der Waals surface area contributed by atoms with Crippen LogP contribution in [0.3, 0.4) is 0 Å². The summed E-state index contributed by atoms with van der Waals surface area (Å²) in [5.74, 6) is -4.74. The van der Waals surface area contributed by atoms with Crippen molar-refractivity contribution in [3.63, 3.8) is 0 Å². The normalized spacial score (nSPS) is 12.4. The minimum atomic E-state index is -3.67. The van der Waals surface area contributed by atoms with Crippen LogP contribution >= 0.6 is 0 Å². The molecule has 0 saturated carbocycles. The summed E-state index contributed by atoms with van der Waals surface area (Å²) in [7, 11) is -3.37. The number of nitrogens with one attached hydrogen (secondary N) is 2. The number of carbonyl (C=O) groups is 1. The Kier molecular flexibility index (Phi) is 11.3. The smallest absolute Gasteiger partial charge is 0.301 e. The molecule has 11 heteroatoms. The number of Topliss-reactive ketones (excluding diaryl/α,β-unsaturated/α-hetero) is 1. The van der Waals surface area contributed by atoms with Crippen molar-refractivity contribution in [1.82, 2.24) is 9.97 Å². The van der Waals surface area contributed by atoms with E-state index in [0.29, 0.717) is 12.5 Å². The van der Waals surface area contributed by atoms with Gasteiger partial charge in [-0.1, -0.05) is 52.3 Å². The number of aryl methyl sites for hydroxylation is 1. The van der Waals surface area contributed by atoms with Gasteiger partial charge >= 0.3 is 5.92 Å². The first-order chi connectivity index (χ1) is 18.3. The molecule has 0 aliphatic heterocycles. The van der Waals surface area contributed by atoms with Crippen molar-refractivity contribution in [2.24, 2.45) is 5.92 Å². The van der Waals surface area contributed by atoms with Crippen molar-refractivity contribution < 1.29 is 30.8 Å². The van der Waals surface area contributed by atoms with Crippen molar-refractivity contribution in [1.29, 1.82) is 0 Å². The second-order valence-electron chi connectivity index (χ2n) is 9.25. The summed E-state index contributed by atoms with van der Waals surface area (Å²) < 4.78 is 75.4. The molecule has 0 saturated heterocycles. The summed E-state index contributed by atoms with van der Waals surface area (Å²) in [5.41, 5.74) is 2.72. The number of carbonyl (C=O) groups excluding carboxylic acids is 1. The van der Waals surface area contributed by atoms with Crippen molar-refractivity contribution in [3.05, 3.63) is 70.8 Å². The van der Waals surface area contributed by atoms with Gasteiger partial charge in [-0.3, -0.25) is 4.79 Å². The van der Waals surface area contributed by atoms with E-state index in [0.717, 1.165) is 42.8 Å². The molecule has 2 N–H and O–H groups in total. The van der Waals surface area contributed by atoms with Crippen LogP contribution in [0.4, 0.5) is 28.9 Å². The fourth-order valence-corrected chi connectivity index (χ4v) is 4.30. The van der Waals surface area contributed by atoms with E-state index in [1.54, 1.807) is 6.92 Å². The topological polar surface area (TPSA) is 91.9 Å². The fraction of sp³-hybridized carbons (Fsp3) is 0.429. The van der Waals surface area contributed by atoms with Crippen LogP contribution in [0.2, 0.25) is 0 Å². The van der Waals surface area contributed by atoms with Gasteiger partial charge in [0.05, 0.1) is 11.9 Å². The number of aromatic amines is 1. The van der Waals surface area contributed by atoms with Crippen LogP contribution in [-0.2, 0) is 28.6 Å². The van der Waals surface area contributed by atoms with Crippen molar-refractivity contribution in [2.75, 3.05) is 18.2 Å². The number of alkyl halides is 3. The van der Waals surface area contributed by atoms with E-state index in [2.05, 4.69) is 22.2 Å². The molecule has 0 aliphatic rings. The van der Waals surface area contributed by atoms with Gasteiger partial charge in [0, 0.05) is 23.4 Å². The number of imidazole rings is 1. The summed E-state index contributed by atoms with van der Waals surface area (Å²) >= 11 is 0. The lowest BCUT2D eigenvalue weighted by Crippen LogP contribution is -2.16. The second kappa shape index (κ2) is 13.7.